The van der Waals surface area contributed by atoms with Crippen LogP contribution >= 0.6 is 0 Å². The lowest BCUT2D eigenvalue weighted by molar-refractivity contribution is 0.421. The third-order valence-electron chi connectivity index (χ3n) is 5.54. The molecule has 0 aliphatic carbocycles. The number of hydrogen-bond acceptors (Lipinski definition) is 8. The maximum absolute atomic E-state index is 14.5. The van der Waals surface area contributed by atoms with Crippen LogP contribution in [0.5, 0.6) is 0 Å². The van der Waals surface area contributed by atoms with Crippen LogP contribution in [0.25, 0.3) is 22.9 Å². The zero-order valence-corrected chi connectivity index (χ0v) is 20.3. The van der Waals surface area contributed by atoms with Gasteiger partial charge in [-0.25, -0.2) is 27.2 Å². The summed E-state index contributed by atoms with van der Waals surface area (Å²) in [6.07, 6.45) is 3.57. The van der Waals surface area contributed by atoms with Gasteiger partial charge in [0, 0.05) is 24.4 Å². The minimum Gasteiger partial charge on any atom is -0.364 e. The van der Waals surface area contributed by atoms with Gasteiger partial charge in [0.05, 0.1) is 23.3 Å². The third-order valence-corrected chi connectivity index (χ3v) is 6.67. The summed E-state index contributed by atoms with van der Waals surface area (Å²) in [4.78, 5) is 8.56. The molecule has 3 aromatic heterocycles. The molecule has 2 aromatic carbocycles. The molecule has 37 heavy (non-hydrogen) atoms. The highest BCUT2D eigenvalue weighted by atomic mass is 32.2. The van der Waals surface area contributed by atoms with Gasteiger partial charge < -0.3 is 9.84 Å². The normalized spacial score (nSPS) is 11.5. The first-order valence-corrected chi connectivity index (χ1v) is 12.9. The fraction of sp³-hybridized carbons (Fsp3) is 0.120. The molecule has 5 rings (SSSR count). The molecule has 12 heteroatoms. The number of anilines is 1. The van der Waals surface area contributed by atoms with Gasteiger partial charge in [-0.1, -0.05) is 35.5 Å². The standard InChI is InChI=1S/C25H20F2N6O3S/c1-37(34,35)18-8-6-16(7-9-18)13-28-24-20(27)14-29-25(30-24)22-12-23(21-10-11-36-32-21)33(31-22)15-17-4-2-3-5-19(17)26/h2-12,14H,13,15H2,1H3,(H,28,29,30). The van der Waals surface area contributed by atoms with Crippen LogP contribution in [-0.2, 0) is 22.9 Å². The van der Waals surface area contributed by atoms with Gasteiger partial charge in [0.15, 0.2) is 27.3 Å². The lowest BCUT2D eigenvalue weighted by Crippen LogP contribution is -2.07. The fourth-order valence-corrected chi connectivity index (χ4v) is 4.27. The van der Waals surface area contributed by atoms with E-state index in [2.05, 4.69) is 25.5 Å². The molecule has 9 nitrogen and oxygen atoms in total. The zero-order valence-electron chi connectivity index (χ0n) is 19.5. The van der Waals surface area contributed by atoms with Crippen LogP contribution in [0.15, 0.2) is 82.5 Å². The quantitative estimate of drug-likeness (QED) is 0.320. The number of aromatic nitrogens is 5. The molecule has 0 saturated carbocycles. The van der Waals surface area contributed by atoms with Gasteiger partial charge in [0.1, 0.15) is 23.5 Å². The first-order chi connectivity index (χ1) is 17.8. The molecule has 1 N–H and O–H groups in total. The first kappa shape index (κ1) is 24.3. The van der Waals surface area contributed by atoms with Crippen molar-refractivity contribution in [3.63, 3.8) is 0 Å². The maximum atomic E-state index is 14.5. The van der Waals surface area contributed by atoms with Gasteiger partial charge >= 0.3 is 0 Å². The molecule has 0 aliphatic heterocycles. The average molecular weight is 523 g/mol. The molecule has 0 fully saturated rings. The molecule has 0 bridgehead atoms. The van der Waals surface area contributed by atoms with Crippen molar-refractivity contribution >= 4 is 15.7 Å². The number of benzene rings is 2. The van der Waals surface area contributed by atoms with E-state index in [1.54, 1.807) is 47.1 Å². The second-order valence-corrected chi connectivity index (χ2v) is 10.2. The molecule has 3 heterocycles. The molecular formula is C25H20F2N6O3S. The van der Waals surface area contributed by atoms with E-state index in [9.17, 15) is 17.2 Å². The highest BCUT2D eigenvalue weighted by Gasteiger charge is 2.18. The molecule has 188 valence electrons. The Hall–Kier alpha value is -4.45. The Balaban J connectivity index is 1.43. The number of nitrogens with one attached hydrogen (secondary N) is 1. The Morgan fingerprint density at radius 3 is 2.49 bits per heavy atom. The molecule has 0 saturated heterocycles. The van der Waals surface area contributed by atoms with Crippen LogP contribution in [0.1, 0.15) is 11.1 Å². The highest BCUT2D eigenvalue weighted by molar-refractivity contribution is 7.90. The van der Waals surface area contributed by atoms with Crippen molar-refractivity contribution in [1.82, 2.24) is 24.9 Å². The van der Waals surface area contributed by atoms with Gasteiger partial charge in [-0.3, -0.25) is 4.68 Å². The van der Waals surface area contributed by atoms with Gasteiger partial charge in [-0.2, -0.15) is 5.10 Å². The van der Waals surface area contributed by atoms with E-state index < -0.39 is 15.7 Å². The van der Waals surface area contributed by atoms with E-state index in [4.69, 9.17) is 4.52 Å². The van der Waals surface area contributed by atoms with Gasteiger partial charge in [0.25, 0.3) is 0 Å². The summed E-state index contributed by atoms with van der Waals surface area (Å²) in [6, 6.07) is 15.9. The summed E-state index contributed by atoms with van der Waals surface area (Å²) in [5.74, 6) is -0.948. The second-order valence-electron chi connectivity index (χ2n) is 8.21. The second kappa shape index (κ2) is 9.90. The summed E-state index contributed by atoms with van der Waals surface area (Å²) in [7, 11) is -3.31. The molecule has 5 aromatic rings. The lowest BCUT2D eigenvalue weighted by atomic mass is 10.2. The lowest BCUT2D eigenvalue weighted by Gasteiger charge is -2.08. The molecule has 0 radical (unpaired) electrons. The Labute approximate surface area is 210 Å². The molecule has 0 amide bonds. The Morgan fingerprint density at radius 2 is 1.78 bits per heavy atom. The summed E-state index contributed by atoms with van der Waals surface area (Å²) in [6.45, 7) is 0.313. The predicted molar refractivity (Wildman–Crippen MR) is 131 cm³/mol. The smallest absolute Gasteiger partial charge is 0.183 e. The SMILES string of the molecule is CS(=O)(=O)c1ccc(CNc2nc(-c3cc(-c4ccon4)n(Cc4ccccc4F)n3)ncc2F)cc1. The van der Waals surface area contributed by atoms with Crippen molar-refractivity contribution in [3.8, 4) is 22.9 Å². The van der Waals surface area contributed by atoms with Crippen molar-refractivity contribution in [2.45, 2.75) is 18.0 Å². The van der Waals surface area contributed by atoms with Gasteiger partial charge in [-0.15, -0.1) is 0 Å². The number of halogens is 2. The summed E-state index contributed by atoms with van der Waals surface area (Å²) >= 11 is 0. The van der Waals surface area contributed by atoms with E-state index in [-0.39, 0.29) is 35.4 Å². The number of sulfone groups is 1. The van der Waals surface area contributed by atoms with Crippen molar-refractivity contribution < 1.29 is 21.7 Å². The van der Waals surface area contributed by atoms with Gasteiger partial charge in [-0.05, 0) is 29.8 Å². The minimum atomic E-state index is -3.31. The van der Waals surface area contributed by atoms with Crippen LogP contribution in [-0.4, -0.2) is 39.6 Å². The predicted octanol–water partition coefficient (Wildman–Crippen LogP) is 4.34. The van der Waals surface area contributed by atoms with Crippen LogP contribution in [0, 0.1) is 11.6 Å². The number of nitrogens with zero attached hydrogens (tertiary/aromatic N) is 5. The Kier molecular flexibility index (Phi) is 6.49. The topological polar surface area (TPSA) is 116 Å². The van der Waals surface area contributed by atoms with Crippen LogP contribution in [0.2, 0.25) is 0 Å². The first-order valence-electron chi connectivity index (χ1n) is 11.1. The largest absolute Gasteiger partial charge is 0.364 e. The minimum absolute atomic E-state index is 0.0520. The van der Waals surface area contributed by atoms with Crippen LogP contribution < -0.4 is 5.32 Å². The number of rotatable bonds is 8. The van der Waals surface area contributed by atoms with Gasteiger partial charge in [0.2, 0.25) is 0 Å². The van der Waals surface area contributed by atoms with Crippen LogP contribution in [0.3, 0.4) is 0 Å². The van der Waals surface area contributed by atoms with Crippen molar-refractivity contribution in [2.75, 3.05) is 11.6 Å². The Bertz CT molecular complexity index is 1650. The van der Waals surface area contributed by atoms with E-state index in [1.165, 1.54) is 24.5 Å². The van der Waals surface area contributed by atoms with E-state index in [0.29, 0.717) is 22.6 Å². The highest BCUT2D eigenvalue weighted by Crippen LogP contribution is 2.26. The molecule has 0 unspecified atom stereocenters. The van der Waals surface area contributed by atoms with E-state index in [0.717, 1.165) is 18.0 Å². The van der Waals surface area contributed by atoms with Crippen LogP contribution in [0.4, 0.5) is 14.6 Å². The summed E-state index contributed by atoms with van der Waals surface area (Å²) in [5, 5.41) is 11.4. The maximum Gasteiger partial charge on any atom is 0.183 e. The monoisotopic (exact) mass is 522 g/mol. The fourth-order valence-electron chi connectivity index (χ4n) is 3.64. The van der Waals surface area contributed by atoms with Crippen molar-refractivity contribution in [2.24, 2.45) is 0 Å². The number of hydrogen-bond donors (Lipinski definition) is 1. The third kappa shape index (κ3) is 5.38. The molecular weight excluding hydrogens is 502 g/mol. The van der Waals surface area contributed by atoms with E-state index >= 15 is 0 Å². The zero-order chi connectivity index (χ0) is 26.0. The Morgan fingerprint density at radius 1 is 1.00 bits per heavy atom. The summed E-state index contributed by atoms with van der Waals surface area (Å²) < 4.78 is 58.6. The molecule has 0 spiro atoms. The summed E-state index contributed by atoms with van der Waals surface area (Å²) in [5.41, 5.74) is 2.50. The molecule has 0 atom stereocenters. The van der Waals surface area contributed by atoms with Crippen molar-refractivity contribution in [1.29, 1.82) is 0 Å². The average Bonchev–Trinajstić information content (AvgIpc) is 3.55. The van der Waals surface area contributed by atoms with E-state index in [1.807, 2.05) is 0 Å². The van der Waals surface area contributed by atoms with Crippen molar-refractivity contribution in [3.05, 3.63) is 95.9 Å². The molecule has 0 aliphatic rings.